The van der Waals surface area contributed by atoms with E-state index in [0.717, 1.165) is 33.3 Å². The molecule has 2 N–H and O–H groups in total. The Bertz CT molecular complexity index is 1250. The fourth-order valence-electron chi connectivity index (χ4n) is 3.32. The Labute approximate surface area is 142 Å². The van der Waals surface area contributed by atoms with Crippen LogP contribution in [-0.4, -0.2) is 19.6 Å². The monoisotopic (exact) mass is 326 g/mol. The Morgan fingerprint density at radius 3 is 2.56 bits per heavy atom. The highest BCUT2D eigenvalue weighted by atomic mass is 16.1. The molecule has 0 fully saturated rings. The number of pyridine rings is 1. The third-order valence-electron chi connectivity index (χ3n) is 4.49. The summed E-state index contributed by atoms with van der Waals surface area (Å²) in [5, 5.41) is 7.73. The number of H-pyrrole nitrogens is 2. The molecule has 0 atom stereocenters. The highest BCUT2D eigenvalue weighted by Crippen LogP contribution is 2.32. The minimum atomic E-state index is -0.233. The molecule has 0 unspecified atom stereocenters. The van der Waals surface area contributed by atoms with Crippen molar-refractivity contribution in [1.29, 1.82) is 0 Å². The van der Waals surface area contributed by atoms with Gasteiger partial charge in [0.2, 0.25) is 0 Å². The van der Waals surface area contributed by atoms with E-state index in [1.807, 2.05) is 48.7 Å². The van der Waals surface area contributed by atoms with E-state index in [2.05, 4.69) is 39.4 Å². The molecule has 0 bridgehead atoms. The Morgan fingerprint density at radius 1 is 0.880 bits per heavy atom. The van der Waals surface area contributed by atoms with Crippen molar-refractivity contribution < 1.29 is 0 Å². The summed E-state index contributed by atoms with van der Waals surface area (Å²) in [6, 6.07) is 22.2. The summed E-state index contributed by atoms with van der Waals surface area (Å²) < 4.78 is 1.62. The Kier molecular flexibility index (Phi) is 2.87. The smallest absolute Gasteiger partial charge is 0.348 e. The lowest BCUT2D eigenvalue weighted by Crippen LogP contribution is -2.10. The van der Waals surface area contributed by atoms with Gasteiger partial charge in [0.25, 0.3) is 0 Å². The van der Waals surface area contributed by atoms with Crippen LogP contribution >= 0.6 is 0 Å². The predicted octanol–water partition coefficient (Wildman–Crippen LogP) is 3.84. The maximum atomic E-state index is 12.3. The van der Waals surface area contributed by atoms with Crippen molar-refractivity contribution in [2.45, 2.75) is 0 Å². The van der Waals surface area contributed by atoms with Gasteiger partial charge in [-0.05, 0) is 35.4 Å². The molecule has 2 aromatic carbocycles. The van der Waals surface area contributed by atoms with Gasteiger partial charge in [-0.15, -0.1) is 0 Å². The quantitative estimate of drug-likeness (QED) is 0.517. The number of nitrogens with zero attached hydrogens (tertiary/aromatic N) is 2. The van der Waals surface area contributed by atoms with Crippen molar-refractivity contribution in [3.63, 3.8) is 0 Å². The van der Waals surface area contributed by atoms with Crippen LogP contribution in [-0.2, 0) is 0 Å². The summed E-state index contributed by atoms with van der Waals surface area (Å²) >= 11 is 0. The fraction of sp³-hybridized carbons (Fsp3) is 0. The molecule has 25 heavy (non-hydrogen) atoms. The van der Waals surface area contributed by atoms with Gasteiger partial charge in [-0.1, -0.05) is 42.5 Å². The van der Waals surface area contributed by atoms with E-state index in [1.165, 1.54) is 0 Å². The van der Waals surface area contributed by atoms with E-state index in [-0.39, 0.29) is 5.69 Å². The van der Waals surface area contributed by atoms with Gasteiger partial charge < -0.3 is 4.98 Å². The standard InChI is InChI=1S/C20H14N4O/c25-20-23-22-19-12-16(13-5-2-1-3-6-13)15-9-8-14(11-18(15)24(19)20)17-7-4-10-21-17/h1-12,21H,(H,23,25). The maximum absolute atomic E-state index is 12.3. The first-order chi connectivity index (χ1) is 12.3. The summed E-state index contributed by atoms with van der Waals surface area (Å²) in [6.07, 6.45) is 1.89. The number of hydrogen-bond acceptors (Lipinski definition) is 2. The van der Waals surface area contributed by atoms with E-state index in [1.54, 1.807) is 4.40 Å². The molecule has 0 amide bonds. The number of aromatic amines is 2. The summed E-state index contributed by atoms with van der Waals surface area (Å²) in [6.45, 7) is 0. The normalized spacial score (nSPS) is 11.4. The minimum Gasteiger partial charge on any atom is -0.361 e. The van der Waals surface area contributed by atoms with Crippen LogP contribution in [0.1, 0.15) is 0 Å². The highest BCUT2D eigenvalue weighted by molar-refractivity contribution is 5.98. The summed E-state index contributed by atoms with van der Waals surface area (Å²) in [4.78, 5) is 15.5. The predicted molar refractivity (Wildman–Crippen MR) is 98.5 cm³/mol. The molecule has 5 heteroatoms. The summed E-state index contributed by atoms with van der Waals surface area (Å²) in [5.74, 6) is 0. The fourth-order valence-corrected chi connectivity index (χ4v) is 3.32. The molecule has 0 radical (unpaired) electrons. The molecule has 5 rings (SSSR count). The second-order valence-electron chi connectivity index (χ2n) is 5.96. The van der Waals surface area contributed by atoms with Gasteiger partial charge in [0.05, 0.1) is 5.52 Å². The number of rotatable bonds is 2. The lowest BCUT2D eigenvalue weighted by Gasteiger charge is -2.10. The molecule has 0 aliphatic heterocycles. The first-order valence-electron chi connectivity index (χ1n) is 8.04. The Balaban J connectivity index is 1.91. The molecule has 5 nitrogen and oxygen atoms in total. The van der Waals surface area contributed by atoms with Crippen molar-refractivity contribution in [3.05, 3.63) is 83.4 Å². The Hall–Kier alpha value is -3.60. The minimum absolute atomic E-state index is 0.233. The van der Waals surface area contributed by atoms with Crippen LogP contribution < -0.4 is 5.69 Å². The first kappa shape index (κ1) is 13.8. The van der Waals surface area contributed by atoms with Crippen LogP contribution in [0.2, 0.25) is 0 Å². The molecule has 120 valence electrons. The van der Waals surface area contributed by atoms with Crippen LogP contribution in [0.4, 0.5) is 0 Å². The average Bonchev–Trinajstić information content (AvgIpc) is 3.32. The molecular weight excluding hydrogens is 312 g/mol. The number of nitrogens with one attached hydrogen (secondary N) is 2. The van der Waals surface area contributed by atoms with Crippen LogP contribution in [0.25, 0.3) is 38.9 Å². The summed E-state index contributed by atoms with van der Waals surface area (Å²) in [7, 11) is 0. The van der Waals surface area contributed by atoms with Crippen molar-refractivity contribution in [2.24, 2.45) is 0 Å². The first-order valence-corrected chi connectivity index (χ1v) is 8.04. The Morgan fingerprint density at radius 2 is 1.76 bits per heavy atom. The summed E-state index contributed by atoms with van der Waals surface area (Å²) in [5.41, 5.74) is 5.40. The lowest BCUT2D eigenvalue weighted by molar-refractivity contribution is 1.04. The van der Waals surface area contributed by atoms with Gasteiger partial charge in [0.1, 0.15) is 0 Å². The molecule has 0 saturated heterocycles. The zero-order chi connectivity index (χ0) is 16.8. The molecule has 0 saturated carbocycles. The topological polar surface area (TPSA) is 66.0 Å². The van der Waals surface area contributed by atoms with Gasteiger partial charge in [-0.2, -0.15) is 5.10 Å². The SMILES string of the molecule is O=c1[nH]nc2cc(-c3ccccc3)c3ccc(-c4ccc[nH]4)cc3n12. The van der Waals surface area contributed by atoms with E-state index in [4.69, 9.17) is 0 Å². The van der Waals surface area contributed by atoms with Crippen LogP contribution in [0, 0.1) is 0 Å². The number of benzene rings is 2. The number of aromatic nitrogens is 4. The van der Waals surface area contributed by atoms with Gasteiger partial charge in [0, 0.05) is 22.8 Å². The largest absolute Gasteiger partial charge is 0.361 e. The maximum Gasteiger partial charge on any atom is 0.348 e. The van der Waals surface area contributed by atoms with Gasteiger partial charge in [-0.3, -0.25) is 0 Å². The van der Waals surface area contributed by atoms with Crippen molar-refractivity contribution in [1.82, 2.24) is 19.6 Å². The van der Waals surface area contributed by atoms with E-state index in [0.29, 0.717) is 5.65 Å². The zero-order valence-electron chi connectivity index (χ0n) is 13.2. The third kappa shape index (κ3) is 2.10. The van der Waals surface area contributed by atoms with E-state index < -0.39 is 0 Å². The average molecular weight is 326 g/mol. The van der Waals surface area contributed by atoms with Crippen LogP contribution in [0.3, 0.4) is 0 Å². The molecule has 3 aromatic heterocycles. The second-order valence-corrected chi connectivity index (χ2v) is 5.96. The molecule has 0 aliphatic carbocycles. The van der Waals surface area contributed by atoms with E-state index in [9.17, 15) is 4.79 Å². The number of hydrogen-bond donors (Lipinski definition) is 2. The van der Waals surface area contributed by atoms with E-state index >= 15 is 0 Å². The van der Waals surface area contributed by atoms with Crippen molar-refractivity contribution in [3.8, 4) is 22.4 Å². The molecule has 5 aromatic rings. The van der Waals surface area contributed by atoms with Crippen molar-refractivity contribution >= 4 is 16.6 Å². The molecule has 0 aliphatic rings. The van der Waals surface area contributed by atoms with Crippen LogP contribution in [0.15, 0.2) is 77.7 Å². The highest BCUT2D eigenvalue weighted by Gasteiger charge is 2.13. The zero-order valence-corrected chi connectivity index (χ0v) is 13.2. The van der Waals surface area contributed by atoms with Gasteiger partial charge in [-0.25, -0.2) is 14.3 Å². The van der Waals surface area contributed by atoms with Gasteiger partial charge >= 0.3 is 5.69 Å². The third-order valence-corrected chi connectivity index (χ3v) is 4.49. The molecular formula is C20H14N4O. The van der Waals surface area contributed by atoms with Crippen molar-refractivity contribution in [2.75, 3.05) is 0 Å². The second kappa shape index (κ2) is 5.21. The van der Waals surface area contributed by atoms with Gasteiger partial charge in [0.15, 0.2) is 5.65 Å². The number of fused-ring (bicyclic) bond motifs is 3. The lowest BCUT2D eigenvalue weighted by atomic mass is 9.99. The van der Waals surface area contributed by atoms with Crippen LogP contribution in [0.5, 0.6) is 0 Å². The molecule has 3 heterocycles. The molecule has 0 spiro atoms.